The van der Waals surface area contributed by atoms with Crippen molar-refractivity contribution >= 4 is 34.9 Å². The van der Waals surface area contributed by atoms with E-state index in [4.69, 9.17) is 17.0 Å². The smallest absolute Gasteiger partial charge is 0.257 e. The number of benzene rings is 2. The summed E-state index contributed by atoms with van der Waals surface area (Å²) in [5.74, 6) is -0.967. The molecule has 0 spiro atoms. The third-order valence-corrected chi connectivity index (χ3v) is 3.74. The lowest BCUT2D eigenvalue weighted by Gasteiger charge is -2.14. The second kappa shape index (κ2) is 8.96. The minimum absolute atomic E-state index is 0.0231. The molecule has 0 heterocycles. The Bertz CT molecular complexity index is 819. The van der Waals surface area contributed by atoms with E-state index in [1.807, 2.05) is 6.92 Å². The molecule has 2 rings (SSSR count). The second-order valence-electron chi connectivity index (χ2n) is 5.60. The Morgan fingerprint density at radius 1 is 1.12 bits per heavy atom. The summed E-state index contributed by atoms with van der Waals surface area (Å²) in [4.78, 5) is 23.2. The Balaban J connectivity index is 2.00. The highest BCUT2D eigenvalue weighted by atomic mass is 32.1. The minimum Gasteiger partial charge on any atom is -0.545 e. The van der Waals surface area contributed by atoms with Gasteiger partial charge < -0.3 is 20.0 Å². The fraction of sp³-hybridized carbons (Fsp3) is 0.211. The lowest BCUT2D eigenvalue weighted by atomic mass is 10.1. The number of thiocarbonyl (C=S) groups is 1. The fourth-order valence-electron chi connectivity index (χ4n) is 2.13. The topological polar surface area (TPSA) is 90.5 Å². The van der Waals surface area contributed by atoms with Crippen LogP contribution in [0.5, 0.6) is 5.75 Å². The van der Waals surface area contributed by atoms with Gasteiger partial charge in [-0.3, -0.25) is 10.1 Å². The van der Waals surface area contributed by atoms with E-state index in [9.17, 15) is 14.7 Å². The van der Waals surface area contributed by atoms with Crippen LogP contribution in [0.15, 0.2) is 42.5 Å². The summed E-state index contributed by atoms with van der Waals surface area (Å²) in [7, 11) is 0. The number of rotatable bonds is 6. The minimum atomic E-state index is -1.28. The van der Waals surface area contributed by atoms with Crippen LogP contribution in [0.1, 0.15) is 39.6 Å². The first kappa shape index (κ1) is 19.4. The highest BCUT2D eigenvalue weighted by molar-refractivity contribution is 7.80. The van der Waals surface area contributed by atoms with Crippen molar-refractivity contribution in [2.45, 2.75) is 20.3 Å². The molecule has 0 radical (unpaired) electrons. The molecule has 0 saturated carbocycles. The summed E-state index contributed by atoms with van der Waals surface area (Å²) in [6, 6.07) is 11.2. The number of ether oxygens (including phenoxy) is 1. The van der Waals surface area contributed by atoms with Crippen LogP contribution in [0.3, 0.4) is 0 Å². The normalized spacial score (nSPS) is 10.1. The zero-order valence-electron chi connectivity index (χ0n) is 14.5. The molecular formula is C19H19N2O4S-. The number of hydrogen-bond acceptors (Lipinski definition) is 5. The molecule has 26 heavy (non-hydrogen) atoms. The van der Waals surface area contributed by atoms with Crippen molar-refractivity contribution in [2.75, 3.05) is 11.9 Å². The van der Waals surface area contributed by atoms with E-state index in [2.05, 4.69) is 10.6 Å². The molecule has 6 nitrogen and oxygen atoms in total. The van der Waals surface area contributed by atoms with Crippen LogP contribution in [0, 0.1) is 6.92 Å². The number of carbonyl (C=O) groups is 2. The molecule has 0 bridgehead atoms. The van der Waals surface area contributed by atoms with Crippen molar-refractivity contribution < 1.29 is 19.4 Å². The molecule has 0 aliphatic heterocycles. The fourth-order valence-corrected chi connectivity index (χ4v) is 2.34. The largest absolute Gasteiger partial charge is 0.545 e. The van der Waals surface area contributed by atoms with Crippen LogP contribution in [0.4, 0.5) is 5.69 Å². The average molecular weight is 371 g/mol. The van der Waals surface area contributed by atoms with Gasteiger partial charge in [-0.05, 0) is 67.0 Å². The zero-order chi connectivity index (χ0) is 19.1. The van der Waals surface area contributed by atoms with Crippen LogP contribution in [-0.2, 0) is 0 Å². The molecule has 0 aliphatic rings. The summed E-state index contributed by atoms with van der Waals surface area (Å²) in [6.45, 7) is 4.42. The number of nitrogens with one attached hydrogen (secondary N) is 2. The van der Waals surface area contributed by atoms with Crippen LogP contribution in [-0.4, -0.2) is 23.6 Å². The van der Waals surface area contributed by atoms with Gasteiger partial charge in [-0.15, -0.1) is 0 Å². The average Bonchev–Trinajstić information content (AvgIpc) is 2.62. The van der Waals surface area contributed by atoms with E-state index >= 15 is 0 Å². The summed E-state index contributed by atoms with van der Waals surface area (Å²) in [5, 5.41) is 16.4. The van der Waals surface area contributed by atoms with E-state index in [0.717, 1.165) is 12.0 Å². The summed E-state index contributed by atoms with van der Waals surface area (Å²) >= 11 is 5.13. The lowest BCUT2D eigenvalue weighted by Crippen LogP contribution is -2.34. The highest BCUT2D eigenvalue weighted by Crippen LogP contribution is 2.17. The van der Waals surface area contributed by atoms with Crippen LogP contribution in [0.25, 0.3) is 0 Å². The van der Waals surface area contributed by atoms with Gasteiger partial charge in [0.25, 0.3) is 5.91 Å². The third-order valence-electron chi connectivity index (χ3n) is 3.54. The highest BCUT2D eigenvalue weighted by Gasteiger charge is 2.10. The van der Waals surface area contributed by atoms with Gasteiger partial charge >= 0.3 is 0 Å². The summed E-state index contributed by atoms with van der Waals surface area (Å²) in [5.41, 5.74) is 1.72. The predicted molar refractivity (Wildman–Crippen MR) is 101 cm³/mol. The van der Waals surface area contributed by atoms with Crippen LogP contribution < -0.4 is 20.5 Å². The van der Waals surface area contributed by atoms with Crippen LogP contribution >= 0.6 is 12.2 Å². The maximum absolute atomic E-state index is 12.2. The van der Waals surface area contributed by atoms with Gasteiger partial charge in [0, 0.05) is 11.3 Å². The molecule has 0 unspecified atom stereocenters. The molecule has 0 atom stereocenters. The maximum atomic E-state index is 12.2. The Morgan fingerprint density at radius 3 is 2.38 bits per heavy atom. The van der Waals surface area contributed by atoms with Gasteiger partial charge in [0.1, 0.15) is 5.75 Å². The molecular weight excluding hydrogens is 352 g/mol. The Hall–Kier alpha value is -2.93. The van der Waals surface area contributed by atoms with E-state index < -0.39 is 5.97 Å². The van der Waals surface area contributed by atoms with Crippen molar-refractivity contribution in [1.29, 1.82) is 0 Å². The molecule has 0 aromatic heterocycles. The third kappa shape index (κ3) is 5.29. The van der Waals surface area contributed by atoms with E-state index in [0.29, 0.717) is 23.6 Å². The van der Waals surface area contributed by atoms with Gasteiger partial charge in [0.15, 0.2) is 5.11 Å². The van der Waals surface area contributed by atoms with Crippen molar-refractivity contribution in [3.05, 3.63) is 59.2 Å². The Labute approximate surface area is 157 Å². The molecule has 2 N–H and O–H groups in total. The van der Waals surface area contributed by atoms with Gasteiger partial charge in [-0.25, -0.2) is 0 Å². The first-order valence-electron chi connectivity index (χ1n) is 8.08. The Morgan fingerprint density at radius 2 is 1.77 bits per heavy atom. The van der Waals surface area contributed by atoms with Crippen molar-refractivity contribution in [3.63, 3.8) is 0 Å². The number of aromatic carboxylic acids is 1. The maximum Gasteiger partial charge on any atom is 0.257 e. The molecule has 2 aromatic rings. The van der Waals surface area contributed by atoms with Crippen molar-refractivity contribution in [3.8, 4) is 5.75 Å². The van der Waals surface area contributed by atoms with Gasteiger partial charge in [0.2, 0.25) is 0 Å². The van der Waals surface area contributed by atoms with E-state index in [1.165, 1.54) is 12.1 Å². The molecule has 7 heteroatoms. The number of carbonyl (C=O) groups excluding carboxylic acids is 2. The van der Waals surface area contributed by atoms with Gasteiger partial charge in [-0.1, -0.05) is 19.1 Å². The van der Waals surface area contributed by atoms with E-state index in [-0.39, 0.29) is 16.6 Å². The predicted octanol–water partition coefficient (Wildman–Crippen LogP) is 2.27. The SMILES string of the molecule is CCCOc1ccc(C(=O)NC(=S)Nc2cc(C(=O)[O-])ccc2C)cc1. The standard InChI is InChI=1S/C19H20N2O4S/c1-3-10-25-15-8-6-13(7-9-15)17(22)21-19(26)20-16-11-14(18(23)24)5-4-12(16)2/h4-9,11H,3,10H2,1-2H3,(H,23,24)(H2,20,21,22,26)/p-1. The number of amides is 1. The molecule has 136 valence electrons. The molecule has 0 fully saturated rings. The van der Waals surface area contributed by atoms with Gasteiger partial charge in [-0.2, -0.15) is 0 Å². The Kier molecular flexibility index (Phi) is 6.68. The number of carboxylic acid groups (broad SMARTS) is 1. The molecule has 1 amide bonds. The van der Waals surface area contributed by atoms with E-state index in [1.54, 1.807) is 37.3 Å². The van der Waals surface area contributed by atoms with Crippen molar-refractivity contribution in [1.82, 2.24) is 5.32 Å². The number of carboxylic acids is 1. The summed E-state index contributed by atoms with van der Waals surface area (Å²) < 4.78 is 5.47. The monoisotopic (exact) mass is 371 g/mol. The molecule has 0 saturated heterocycles. The lowest BCUT2D eigenvalue weighted by molar-refractivity contribution is -0.255. The quantitative estimate of drug-likeness (QED) is 0.757. The first-order valence-corrected chi connectivity index (χ1v) is 8.48. The number of anilines is 1. The molecule has 2 aromatic carbocycles. The number of hydrogen-bond donors (Lipinski definition) is 2. The first-order chi connectivity index (χ1) is 12.4. The number of aryl methyl sites for hydroxylation is 1. The molecule has 0 aliphatic carbocycles. The zero-order valence-corrected chi connectivity index (χ0v) is 15.3. The van der Waals surface area contributed by atoms with Crippen molar-refractivity contribution in [2.24, 2.45) is 0 Å². The summed E-state index contributed by atoms with van der Waals surface area (Å²) in [6.07, 6.45) is 0.904. The van der Waals surface area contributed by atoms with Gasteiger partial charge in [0.05, 0.1) is 12.6 Å². The van der Waals surface area contributed by atoms with Crippen LogP contribution in [0.2, 0.25) is 0 Å². The second-order valence-corrected chi connectivity index (χ2v) is 6.01.